The van der Waals surface area contributed by atoms with Crippen LogP contribution in [0.25, 0.3) is 10.8 Å². The molecule has 0 bridgehead atoms. The maximum atomic E-state index is 13.0. The first-order valence-electron chi connectivity index (χ1n) is 10.8. The molecule has 2 heterocycles. The lowest BCUT2D eigenvalue weighted by Crippen LogP contribution is -2.40. The van der Waals surface area contributed by atoms with Gasteiger partial charge in [-0.2, -0.15) is 0 Å². The van der Waals surface area contributed by atoms with Gasteiger partial charge in [0, 0.05) is 36.8 Å². The fraction of sp³-hybridized carbons (Fsp3) is 0.320. The predicted octanol–water partition coefficient (Wildman–Crippen LogP) is 5.17. The van der Waals surface area contributed by atoms with Gasteiger partial charge in [-0.05, 0) is 54.8 Å². The average molecular weight is 452 g/mol. The number of hydrogen-bond acceptors (Lipinski definition) is 4. The molecule has 1 N–H and O–H groups in total. The van der Waals surface area contributed by atoms with Gasteiger partial charge in [0.2, 0.25) is 5.91 Å². The van der Waals surface area contributed by atoms with Crippen molar-refractivity contribution in [3.05, 3.63) is 65.4 Å². The third-order valence-corrected chi connectivity index (χ3v) is 6.17. The predicted molar refractivity (Wildman–Crippen MR) is 126 cm³/mol. The molecule has 1 fully saturated rings. The number of carbonyl (C=O) groups is 2. The second kappa shape index (κ2) is 10.0. The molecule has 1 atom stereocenters. The molecule has 2 amide bonds. The van der Waals surface area contributed by atoms with Crippen molar-refractivity contribution in [2.24, 2.45) is 5.92 Å². The van der Waals surface area contributed by atoms with Crippen LogP contribution < -0.4 is 10.1 Å². The molecule has 3 aromatic rings. The number of rotatable bonds is 6. The Morgan fingerprint density at radius 2 is 2.00 bits per heavy atom. The molecule has 0 saturated carbocycles. The van der Waals surface area contributed by atoms with Crippen molar-refractivity contribution in [3.8, 4) is 5.75 Å². The summed E-state index contributed by atoms with van der Waals surface area (Å²) in [6.07, 6.45) is 4.81. The molecule has 1 aliphatic rings. The summed E-state index contributed by atoms with van der Waals surface area (Å²) >= 11 is 6.12. The van der Waals surface area contributed by atoms with E-state index in [2.05, 4.69) is 10.3 Å². The smallest absolute Gasteiger partial charge is 0.272 e. The Bertz CT molecular complexity index is 1130. The highest BCUT2D eigenvalue weighted by atomic mass is 35.5. The zero-order valence-electron chi connectivity index (χ0n) is 18.0. The van der Waals surface area contributed by atoms with Gasteiger partial charge in [0.25, 0.3) is 5.91 Å². The number of halogens is 1. The lowest BCUT2D eigenvalue weighted by Gasteiger charge is -2.32. The largest absolute Gasteiger partial charge is 0.495 e. The summed E-state index contributed by atoms with van der Waals surface area (Å²) in [5.74, 6) is 0.750. The number of likely N-dealkylation sites (tertiary alicyclic amines) is 1. The molecular weight excluding hydrogens is 426 g/mol. The standard InChI is InChI=1S/C25H26ClN3O3/c1-32-23-10-9-20(14-21(23)26)28-24(30)11-8-17-5-4-12-29(16-17)25(31)22-13-18-6-2-3-7-19(18)15-27-22/h2-3,6-7,9-10,13-15,17H,4-5,8,11-12,16H2,1H3,(H,28,30)/t17-/m0/s1. The number of pyridine rings is 1. The van der Waals surface area contributed by atoms with Crippen molar-refractivity contribution >= 4 is 39.9 Å². The Morgan fingerprint density at radius 3 is 2.78 bits per heavy atom. The Hall–Kier alpha value is -3.12. The van der Waals surface area contributed by atoms with Gasteiger partial charge in [-0.15, -0.1) is 0 Å². The summed E-state index contributed by atoms with van der Waals surface area (Å²) in [5.41, 5.74) is 1.11. The molecule has 0 unspecified atom stereocenters. The van der Waals surface area contributed by atoms with Crippen LogP contribution in [-0.2, 0) is 4.79 Å². The van der Waals surface area contributed by atoms with E-state index in [-0.39, 0.29) is 11.8 Å². The molecule has 4 rings (SSSR count). The SMILES string of the molecule is COc1ccc(NC(=O)CC[C@@H]2CCCN(C(=O)c3cc4ccccc4cn3)C2)cc1Cl. The van der Waals surface area contributed by atoms with Crippen LogP contribution in [0.3, 0.4) is 0 Å². The summed E-state index contributed by atoms with van der Waals surface area (Å²) in [4.78, 5) is 31.7. The van der Waals surface area contributed by atoms with E-state index >= 15 is 0 Å². The first-order chi connectivity index (χ1) is 15.5. The van der Waals surface area contributed by atoms with E-state index in [9.17, 15) is 9.59 Å². The van der Waals surface area contributed by atoms with Crippen molar-refractivity contribution in [2.45, 2.75) is 25.7 Å². The van der Waals surface area contributed by atoms with Gasteiger partial charge in [0.1, 0.15) is 11.4 Å². The molecule has 1 saturated heterocycles. The lowest BCUT2D eigenvalue weighted by molar-refractivity contribution is -0.116. The quantitative estimate of drug-likeness (QED) is 0.561. The molecule has 166 valence electrons. The van der Waals surface area contributed by atoms with Crippen molar-refractivity contribution in [1.29, 1.82) is 0 Å². The number of aromatic nitrogens is 1. The number of benzene rings is 2. The van der Waals surface area contributed by atoms with Crippen molar-refractivity contribution < 1.29 is 14.3 Å². The third-order valence-electron chi connectivity index (χ3n) is 5.87. The zero-order chi connectivity index (χ0) is 22.5. The van der Waals surface area contributed by atoms with Crippen LogP contribution in [-0.4, -0.2) is 41.9 Å². The van der Waals surface area contributed by atoms with Crippen LogP contribution in [0.1, 0.15) is 36.2 Å². The highest BCUT2D eigenvalue weighted by Gasteiger charge is 2.25. The number of anilines is 1. The molecule has 7 heteroatoms. The van der Waals surface area contributed by atoms with Gasteiger partial charge < -0.3 is 15.0 Å². The maximum absolute atomic E-state index is 13.0. The minimum atomic E-state index is -0.0640. The average Bonchev–Trinajstić information content (AvgIpc) is 2.82. The Labute approximate surface area is 192 Å². The Kier molecular flexibility index (Phi) is 6.90. The number of nitrogens with one attached hydrogen (secondary N) is 1. The number of hydrogen-bond donors (Lipinski definition) is 1. The van der Waals surface area contributed by atoms with Crippen LogP contribution in [0.5, 0.6) is 5.75 Å². The fourth-order valence-corrected chi connectivity index (χ4v) is 4.41. The summed E-state index contributed by atoms with van der Waals surface area (Å²) in [6.45, 7) is 1.37. The van der Waals surface area contributed by atoms with Gasteiger partial charge in [-0.3, -0.25) is 14.6 Å². The summed E-state index contributed by atoms with van der Waals surface area (Å²) in [5, 5.41) is 5.36. The number of amides is 2. The minimum Gasteiger partial charge on any atom is -0.495 e. The van der Waals surface area contributed by atoms with Crippen LogP contribution in [0.15, 0.2) is 54.7 Å². The summed E-state index contributed by atoms with van der Waals surface area (Å²) < 4.78 is 5.13. The molecule has 0 spiro atoms. The van der Waals surface area contributed by atoms with E-state index in [0.29, 0.717) is 41.0 Å². The van der Waals surface area contributed by atoms with Crippen LogP contribution in [0.2, 0.25) is 5.02 Å². The number of nitrogens with zero attached hydrogens (tertiary/aromatic N) is 2. The second-order valence-corrected chi connectivity index (χ2v) is 8.52. The van der Waals surface area contributed by atoms with E-state index < -0.39 is 0 Å². The Morgan fingerprint density at radius 1 is 1.19 bits per heavy atom. The van der Waals surface area contributed by atoms with E-state index in [1.54, 1.807) is 31.5 Å². The van der Waals surface area contributed by atoms with Gasteiger partial charge in [0.15, 0.2) is 0 Å². The summed E-state index contributed by atoms with van der Waals surface area (Å²) in [7, 11) is 1.55. The number of carbonyl (C=O) groups excluding carboxylic acids is 2. The van der Waals surface area contributed by atoms with E-state index in [0.717, 1.165) is 36.6 Å². The number of ether oxygens (including phenoxy) is 1. The van der Waals surface area contributed by atoms with Crippen LogP contribution >= 0.6 is 11.6 Å². The molecule has 0 aliphatic carbocycles. The molecule has 2 aromatic carbocycles. The zero-order valence-corrected chi connectivity index (χ0v) is 18.8. The number of methoxy groups -OCH3 is 1. The van der Waals surface area contributed by atoms with E-state index in [1.807, 2.05) is 35.2 Å². The van der Waals surface area contributed by atoms with Crippen molar-refractivity contribution in [3.63, 3.8) is 0 Å². The first kappa shape index (κ1) is 22.1. The maximum Gasteiger partial charge on any atom is 0.272 e. The topological polar surface area (TPSA) is 71.5 Å². The number of piperidine rings is 1. The minimum absolute atomic E-state index is 0.0437. The van der Waals surface area contributed by atoms with Crippen molar-refractivity contribution in [1.82, 2.24) is 9.88 Å². The van der Waals surface area contributed by atoms with E-state index in [1.165, 1.54) is 0 Å². The van der Waals surface area contributed by atoms with Gasteiger partial charge >= 0.3 is 0 Å². The monoisotopic (exact) mass is 451 g/mol. The number of fused-ring (bicyclic) bond motifs is 1. The molecule has 6 nitrogen and oxygen atoms in total. The van der Waals surface area contributed by atoms with Crippen molar-refractivity contribution in [2.75, 3.05) is 25.5 Å². The van der Waals surface area contributed by atoms with Crippen LogP contribution in [0, 0.1) is 5.92 Å². The highest BCUT2D eigenvalue weighted by Crippen LogP contribution is 2.28. The van der Waals surface area contributed by atoms with Gasteiger partial charge in [0.05, 0.1) is 12.1 Å². The normalized spacial score (nSPS) is 16.1. The second-order valence-electron chi connectivity index (χ2n) is 8.11. The molecule has 1 aromatic heterocycles. The van der Waals surface area contributed by atoms with Crippen LogP contribution in [0.4, 0.5) is 5.69 Å². The molecule has 32 heavy (non-hydrogen) atoms. The van der Waals surface area contributed by atoms with Gasteiger partial charge in [-0.25, -0.2) is 0 Å². The molecule has 1 aliphatic heterocycles. The van der Waals surface area contributed by atoms with E-state index in [4.69, 9.17) is 16.3 Å². The Balaban J connectivity index is 1.32. The van der Waals surface area contributed by atoms with Gasteiger partial charge in [-0.1, -0.05) is 35.9 Å². The fourth-order valence-electron chi connectivity index (χ4n) is 4.15. The molecule has 0 radical (unpaired) electrons. The lowest BCUT2D eigenvalue weighted by atomic mass is 9.93. The first-order valence-corrected chi connectivity index (χ1v) is 11.2. The molecular formula is C25H26ClN3O3. The highest BCUT2D eigenvalue weighted by molar-refractivity contribution is 6.32. The third kappa shape index (κ3) is 5.19. The summed E-state index contributed by atoms with van der Waals surface area (Å²) in [6, 6.07) is 14.9.